The van der Waals surface area contributed by atoms with Crippen LogP contribution in [0.3, 0.4) is 0 Å². The zero-order chi connectivity index (χ0) is 16.7. The number of carbonyl (C=O) groups is 1. The molecule has 1 amide bonds. The van der Waals surface area contributed by atoms with Crippen LogP contribution in [0, 0.1) is 5.92 Å². The summed E-state index contributed by atoms with van der Waals surface area (Å²) in [6.07, 6.45) is 3.75. The van der Waals surface area contributed by atoms with Crippen molar-refractivity contribution in [1.29, 1.82) is 0 Å². The first-order chi connectivity index (χ1) is 11.1. The zero-order valence-electron chi connectivity index (χ0n) is 13.3. The van der Waals surface area contributed by atoms with E-state index in [-0.39, 0.29) is 5.91 Å². The Bertz CT molecular complexity index is 645. The third-order valence-electron chi connectivity index (χ3n) is 3.22. The summed E-state index contributed by atoms with van der Waals surface area (Å²) in [6, 6.07) is 7.44. The third kappa shape index (κ3) is 5.88. The van der Waals surface area contributed by atoms with Crippen molar-refractivity contribution >= 4 is 29.3 Å². The highest BCUT2D eigenvalue weighted by Gasteiger charge is 2.10. The van der Waals surface area contributed by atoms with E-state index >= 15 is 0 Å². The lowest BCUT2D eigenvalue weighted by molar-refractivity contribution is -0.118. The molecule has 0 aliphatic rings. The van der Waals surface area contributed by atoms with E-state index < -0.39 is 0 Å². The highest BCUT2D eigenvalue weighted by molar-refractivity contribution is 7.99. The van der Waals surface area contributed by atoms with Crippen LogP contribution in [-0.2, 0) is 4.79 Å². The Morgan fingerprint density at radius 2 is 2.26 bits per heavy atom. The number of hydrogen-bond acceptors (Lipinski definition) is 4. The van der Waals surface area contributed by atoms with Crippen molar-refractivity contribution in [3.63, 3.8) is 0 Å². The van der Waals surface area contributed by atoms with E-state index in [1.807, 2.05) is 28.8 Å². The number of benzene rings is 1. The fourth-order valence-corrected chi connectivity index (χ4v) is 2.99. The van der Waals surface area contributed by atoms with E-state index in [2.05, 4.69) is 29.4 Å². The Labute approximate surface area is 145 Å². The first-order valence-corrected chi connectivity index (χ1v) is 8.98. The van der Waals surface area contributed by atoms with Crippen LogP contribution in [0.25, 0.3) is 5.69 Å². The minimum atomic E-state index is 0.0133. The molecule has 0 radical (unpaired) electrons. The number of thioether (sulfide) groups is 1. The topological polar surface area (TPSA) is 59.8 Å². The highest BCUT2D eigenvalue weighted by atomic mass is 35.5. The number of nitrogens with one attached hydrogen (secondary N) is 1. The van der Waals surface area contributed by atoms with Gasteiger partial charge >= 0.3 is 0 Å². The second-order valence-electron chi connectivity index (χ2n) is 5.64. The summed E-state index contributed by atoms with van der Waals surface area (Å²) in [5.41, 5.74) is 0.877. The lowest BCUT2D eigenvalue weighted by Crippen LogP contribution is -2.26. The van der Waals surface area contributed by atoms with Crippen molar-refractivity contribution in [2.75, 3.05) is 12.3 Å². The molecule has 0 aliphatic heterocycles. The second kappa shape index (κ2) is 8.93. The Hall–Kier alpha value is -1.53. The zero-order valence-corrected chi connectivity index (χ0v) is 14.9. The first kappa shape index (κ1) is 17.8. The predicted molar refractivity (Wildman–Crippen MR) is 94.2 cm³/mol. The van der Waals surface area contributed by atoms with Crippen molar-refractivity contribution in [3.8, 4) is 5.69 Å². The maximum atomic E-state index is 11.9. The molecule has 1 heterocycles. The van der Waals surface area contributed by atoms with Gasteiger partial charge in [0.1, 0.15) is 6.33 Å². The number of carbonyl (C=O) groups excluding carboxylic acids is 1. The Morgan fingerprint density at radius 3 is 3.00 bits per heavy atom. The van der Waals surface area contributed by atoms with Gasteiger partial charge in [-0.25, -0.2) is 0 Å². The van der Waals surface area contributed by atoms with Gasteiger partial charge in [-0.15, -0.1) is 10.2 Å². The molecule has 0 bridgehead atoms. The molecule has 2 aromatic rings. The first-order valence-electron chi connectivity index (χ1n) is 7.61. The molecule has 124 valence electrons. The highest BCUT2D eigenvalue weighted by Crippen LogP contribution is 2.21. The van der Waals surface area contributed by atoms with Crippen molar-refractivity contribution in [2.24, 2.45) is 5.92 Å². The molecule has 0 spiro atoms. The van der Waals surface area contributed by atoms with Gasteiger partial charge in [-0.1, -0.05) is 43.3 Å². The molecule has 23 heavy (non-hydrogen) atoms. The van der Waals surface area contributed by atoms with Crippen LogP contribution < -0.4 is 5.32 Å². The second-order valence-corrected chi connectivity index (χ2v) is 7.02. The summed E-state index contributed by atoms with van der Waals surface area (Å²) in [5, 5.41) is 12.2. The largest absolute Gasteiger partial charge is 0.355 e. The van der Waals surface area contributed by atoms with Crippen LogP contribution >= 0.6 is 23.4 Å². The van der Waals surface area contributed by atoms with Gasteiger partial charge in [0, 0.05) is 11.6 Å². The summed E-state index contributed by atoms with van der Waals surface area (Å²) in [7, 11) is 0. The van der Waals surface area contributed by atoms with Crippen LogP contribution in [0.2, 0.25) is 5.02 Å². The molecule has 1 aromatic heterocycles. The van der Waals surface area contributed by atoms with Gasteiger partial charge in [-0.2, -0.15) is 0 Å². The molecule has 0 saturated carbocycles. The minimum absolute atomic E-state index is 0.0133. The molecule has 0 unspecified atom stereocenters. The molecule has 0 atom stereocenters. The molecule has 0 aliphatic carbocycles. The lowest BCUT2D eigenvalue weighted by atomic mass is 10.1. The van der Waals surface area contributed by atoms with Gasteiger partial charge in [0.25, 0.3) is 0 Å². The number of nitrogens with zero attached hydrogens (tertiary/aromatic N) is 3. The Kier molecular flexibility index (Phi) is 6.92. The van der Waals surface area contributed by atoms with Crippen LogP contribution in [-0.4, -0.2) is 33.0 Å². The normalized spacial score (nSPS) is 11.0. The Balaban J connectivity index is 1.85. The van der Waals surface area contributed by atoms with Gasteiger partial charge in [-0.05, 0) is 37.0 Å². The maximum Gasteiger partial charge on any atom is 0.230 e. The molecule has 2 rings (SSSR count). The quantitative estimate of drug-likeness (QED) is 0.583. The van der Waals surface area contributed by atoms with Crippen molar-refractivity contribution in [1.82, 2.24) is 20.1 Å². The molecule has 7 heteroatoms. The monoisotopic (exact) mass is 352 g/mol. The summed E-state index contributed by atoms with van der Waals surface area (Å²) in [6.45, 7) is 5.08. The average Bonchev–Trinajstić information content (AvgIpc) is 2.98. The third-order valence-corrected chi connectivity index (χ3v) is 4.39. The van der Waals surface area contributed by atoms with E-state index in [0.29, 0.717) is 21.8 Å². The molecule has 1 aromatic carbocycles. The van der Waals surface area contributed by atoms with Crippen LogP contribution in [0.15, 0.2) is 35.7 Å². The van der Waals surface area contributed by atoms with Crippen LogP contribution in [0.5, 0.6) is 0 Å². The number of hydrogen-bond donors (Lipinski definition) is 1. The van der Waals surface area contributed by atoms with Crippen molar-refractivity contribution in [2.45, 2.75) is 31.8 Å². The van der Waals surface area contributed by atoms with Gasteiger partial charge in [0.2, 0.25) is 5.91 Å². The van der Waals surface area contributed by atoms with E-state index in [4.69, 9.17) is 11.6 Å². The van der Waals surface area contributed by atoms with E-state index in [1.165, 1.54) is 11.8 Å². The van der Waals surface area contributed by atoms with E-state index in [9.17, 15) is 4.79 Å². The SMILES string of the molecule is CC(C)CCCNC(=O)CSc1nncn1-c1cccc(Cl)c1. The molecular formula is C16H21ClN4OS. The van der Waals surface area contributed by atoms with Crippen molar-refractivity contribution < 1.29 is 4.79 Å². The van der Waals surface area contributed by atoms with Gasteiger partial charge in [-0.3, -0.25) is 9.36 Å². The fraction of sp³-hybridized carbons (Fsp3) is 0.438. The molecular weight excluding hydrogens is 332 g/mol. The number of rotatable bonds is 8. The lowest BCUT2D eigenvalue weighted by Gasteiger charge is -2.08. The van der Waals surface area contributed by atoms with Crippen LogP contribution in [0.1, 0.15) is 26.7 Å². The summed E-state index contributed by atoms with van der Waals surface area (Å²) in [4.78, 5) is 11.9. The van der Waals surface area contributed by atoms with Crippen LogP contribution in [0.4, 0.5) is 0 Å². The summed E-state index contributed by atoms with van der Waals surface area (Å²) < 4.78 is 1.82. The average molecular weight is 353 g/mol. The number of aromatic nitrogens is 3. The molecule has 5 nitrogen and oxygen atoms in total. The minimum Gasteiger partial charge on any atom is -0.355 e. The van der Waals surface area contributed by atoms with Gasteiger partial charge in [0.05, 0.1) is 11.4 Å². The number of halogens is 1. The summed E-state index contributed by atoms with van der Waals surface area (Å²) in [5.74, 6) is 0.998. The van der Waals surface area contributed by atoms with Gasteiger partial charge < -0.3 is 5.32 Å². The van der Waals surface area contributed by atoms with Crippen molar-refractivity contribution in [3.05, 3.63) is 35.6 Å². The fourth-order valence-electron chi connectivity index (χ4n) is 2.05. The smallest absolute Gasteiger partial charge is 0.230 e. The standard InChI is InChI=1S/C16H21ClN4OS/c1-12(2)5-4-8-18-15(22)10-23-16-20-19-11-21(16)14-7-3-6-13(17)9-14/h3,6-7,9,11-12H,4-5,8,10H2,1-2H3,(H,18,22). The van der Waals surface area contributed by atoms with E-state index in [0.717, 1.165) is 25.1 Å². The molecule has 1 N–H and O–H groups in total. The molecule has 0 saturated heterocycles. The predicted octanol–water partition coefficient (Wildman–Crippen LogP) is 3.57. The molecule has 0 fully saturated rings. The maximum absolute atomic E-state index is 11.9. The van der Waals surface area contributed by atoms with E-state index in [1.54, 1.807) is 6.33 Å². The van der Waals surface area contributed by atoms with Gasteiger partial charge in [0.15, 0.2) is 5.16 Å². The number of amides is 1. The Morgan fingerprint density at radius 1 is 1.43 bits per heavy atom. The summed E-state index contributed by atoms with van der Waals surface area (Å²) >= 11 is 7.37.